The van der Waals surface area contributed by atoms with Crippen molar-refractivity contribution in [1.82, 2.24) is 10.6 Å². The second-order valence-corrected chi connectivity index (χ2v) is 12.7. The highest BCUT2D eigenvalue weighted by atomic mass is 32.1. The summed E-state index contributed by atoms with van der Waals surface area (Å²) < 4.78 is 12.2. The van der Waals surface area contributed by atoms with Crippen molar-refractivity contribution in [1.29, 1.82) is 0 Å². The highest BCUT2D eigenvalue weighted by molar-refractivity contribution is 7.80. The number of benzene rings is 2. The molecule has 1 fully saturated rings. The Bertz CT molecular complexity index is 1070. The standard InChI is InChI=1S/C32H46N2O2S2/c1-6-8-14-24-16-10-12-18-27(24)35-29(37)33-23-32(5)21-26(20-31(3,4)22-32)34-30(38)36-28-19-13-11-17-25(28)15-9-7-2/h10-13,16-19,26H,6-9,14-15,20-23H2,1-5H3,(H,33,37)(H,34,38). The molecule has 2 aromatic carbocycles. The van der Waals surface area contributed by atoms with Crippen molar-refractivity contribution in [3.8, 4) is 11.5 Å². The molecule has 4 nitrogen and oxygen atoms in total. The van der Waals surface area contributed by atoms with Crippen molar-refractivity contribution in [2.75, 3.05) is 6.54 Å². The van der Waals surface area contributed by atoms with Gasteiger partial charge in [-0.2, -0.15) is 0 Å². The van der Waals surface area contributed by atoms with E-state index in [9.17, 15) is 0 Å². The highest BCUT2D eigenvalue weighted by Gasteiger charge is 2.41. The van der Waals surface area contributed by atoms with Gasteiger partial charge in [0.25, 0.3) is 10.3 Å². The molecular formula is C32H46N2O2S2. The summed E-state index contributed by atoms with van der Waals surface area (Å²) in [7, 11) is 0. The molecule has 1 saturated carbocycles. The van der Waals surface area contributed by atoms with Gasteiger partial charge in [0.05, 0.1) is 0 Å². The summed E-state index contributed by atoms with van der Waals surface area (Å²) in [6.45, 7) is 12.2. The lowest BCUT2D eigenvalue weighted by Crippen LogP contribution is -2.51. The van der Waals surface area contributed by atoms with Crippen LogP contribution in [0.4, 0.5) is 0 Å². The van der Waals surface area contributed by atoms with E-state index in [4.69, 9.17) is 33.9 Å². The molecule has 6 heteroatoms. The Labute approximate surface area is 241 Å². The van der Waals surface area contributed by atoms with E-state index < -0.39 is 0 Å². The SMILES string of the molecule is CCCCc1ccccc1OC(=S)NCC1(C)CC(NC(=S)Oc2ccccc2CCCC)CC(C)(C)C1. The number of hydrogen-bond donors (Lipinski definition) is 2. The third-order valence-electron chi connectivity index (χ3n) is 7.37. The van der Waals surface area contributed by atoms with Crippen LogP contribution in [0.3, 0.4) is 0 Å². The molecule has 1 aliphatic rings. The molecule has 208 valence electrons. The van der Waals surface area contributed by atoms with E-state index in [1.807, 2.05) is 24.3 Å². The lowest BCUT2D eigenvalue weighted by atomic mass is 9.62. The maximum atomic E-state index is 6.15. The van der Waals surface area contributed by atoms with Gasteiger partial charge in [0.2, 0.25) is 0 Å². The molecule has 2 atom stereocenters. The maximum absolute atomic E-state index is 6.15. The van der Waals surface area contributed by atoms with Gasteiger partial charge in [-0.25, -0.2) is 0 Å². The van der Waals surface area contributed by atoms with Crippen molar-refractivity contribution < 1.29 is 9.47 Å². The summed E-state index contributed by atoms with van der Waals surface area (Å²) in [5.74, 6) is 1.72. The fourth-order valence-electron chi connectivity index (χ4n) is 5.94. The minimum Gasteiger partial charge on any atom is -0.432 e. The molecule has 0 aliphatic heterocycles. The van der Waals surface area contributed by atoms with Crippen LogP contribution in [-0.2, 0) is 12.8 Å². The number of hydrogen-bond acceptors (Lipinski definition) is 4. The van der Waals surface area contributed by atoms with E-state index in [-0.39, 0.29) is 16.9 Å². The number of nitrogens with one attached hydrogen (secondary N) is 2. The monoisotopic (exact) mass is 554 g/mol. The predicted octanol–water partition coefficient (Wildman–Crippen LogP) is 8.16. The summed E-state index contributed by atoms with van der Waals surface area (Å²) in [5, 5.41) is 7.84. The molecule has 0 bridgehead atoms. The van der Waals surface area contributed by atoms with Crippen molar-refractivity contribution in [2.45, 2.75) is 98.4 Å². The highest BCUT2D eigenvalue weighted by Crippen LogP contribution is 2.45. The molecule has 38 heavy (non-hydrogen) atoms. The minimum atomic E-state index is 0.0310. The second kappa shape index (κ2) is 14.3. The summed E-state index contributed by atoms with van der Waals surface area (Å²) in [4.78, 5) is 0. The van der Waals surface area contributed by atoms with E-state index >= 15 is 0 Å². The minimum absolute atomic E-state index is 0.0310. The van der Waals surface area contributed by atoms with Crippen molar-refractivity contribution in [3.63, 3.8) is 0 Å². The van der Waals surface area contributed by atoms with Gasteiger partial charge in [0.15, 0.2) is 0 Å². The topological polar surface area (TPSA) is 42.5 Å². The van der Waals surface area contributed by atoms with E-state index in [1.54, 1.807) is 0 Å². The van der Waals surface area contributed by atoms with Crippen LogP contribution in [0.2, 0.25) is 0 Å². The van der Waals surface area contributed by atoms with Gasteiger partial charge in [-0.05, 0) is 103 Å². The van der Waals surface area contributed by atoms with Gasteiger partial charge in [-0.3, -0.25) is 0 Å². The average molecular weight is 555 g/mol. The number of ether oxygens (including phenoxy) is 2. The van der Waals surface area contributed by atoms with E-state index in [1.165, 1.54) is 11.1 Å². The Hall–Kier alpha value is -2.18. The van der Waals surface area contributed by atoms with Crippen LogP contribution < -0.4 is 20.1 Å². The Morgan fingerprint density at radius 2 is 1.34 bits per heavy atom. The first-order valence-electron chi connectivity index (χ1n) is 14.2. The van der Waals surface area contributed by atoms with Crippen LogP contribution >= 0.6 is 24.4 Å². The zero-order valence-electron chi connectivity index (χ0n) is 23.9. The third-order valence-corrected chi connectivity index (χ3v) is 7.80. The fourth-order valence-corrected chi connectivity index (χ4v) is 6.36. The molecule has 0 amide bonds. The van der Waals surface area contributed by atoms with E-state index in [0.29, 0.717) is 10.3 Å². The van der Waals surface area contributed by atoms with E-state index in [2.05, 4.69) is 69.5 Å². The number of thiocarbonyl (C=S) groups is 2. The van der Waals surface area contributed by atoms with Gasteiger partial charge >= 0.3 is 0 Å². The first kappa shape index (κ1) is 30.4. The molecule has 3 rings (SSSR count). The van der Waals surface area contributed by atoms with Crippen LogP contribution in [-0.4, -0.2) is 22.9 Å². The predicted molar refractivity (Wildman–Crippen MR) is 167 cm³/mol. The van der Waals surface area contributed by atoms with E-state index in [0.717, 1.165) is 75.8 Å². The second-order valence-electron chi connectivity index (χ2n) is 12.0. The van der Waals surface area contributed by atoms with Crippen molar-refractivity contribution in [3.05, 3.63) is 59.7 Å². The molecule has 2 N–H and O–H groups in total. The molecule has 2 aromatic rings. The van der Waals surface area contributed by atoms with Crippen LogP contribution in [0.15, 0.2) is 48.5 Å². The quantitative estimate of drug-likeness (QED) is 0.273. The molecule has 0 heterocycles. The first-order chi connectivity index (χ1) is 18.1. The average Bonchev–Trinajstić information content (AvgIpc) is 2.85. The molecule has 0 radical (unpaired) electrons. The van der Waals surface area contributed by atoms with Gasteiger partial charge < -0.3 is 20.1 Å². The zero-order valence-corrected chi connectivity index (χ0v) is 25.5. The molecule has 2 unspecified atom stereocenters. The molecule has 1 aliphatic carbocycles. The van der Waals surface area contributed by atoms with Gasteiger partial charge in [0.1, 0.15) is 11.5 Å². The Morgan fingerprint density at radius 3 is 1.89 bits per heavy atom. The third kappa shape index (κ3) is 9.53. The molecule has 0 spiro atoms. The Morgan fingerprint density at radius 1 is 0.816 bits per heavy atom. The zero-order chi connectivity index (χ0) is 27.6. The van der Waals surface area contributed by atoms with Crippen LogP contribution in [0.1, 0.15) is 90.7 Å². The van der Waals surface area contributed by atoms with Gasteiger partial charge in [-0.15, -0.1) is 0 Å². The summed E-state index contributed by atoms with van der Waals surface area (Å²) in [6.07, 6.45) is 9.68. The molecular weight excluding hydrogens is 508 g/mol. The largest absolute Gasteiger partial charge is 0.432 e. The Kier molecular flexibility index (Phi) is 11.4. The van der Waals surface area contributed by atoms with Crippen LogP contribution in [0, 0.1) is 10.8 Å². The van der Waals surface area contributed by atoms with Crippen molar-refractivity contribution in [2.24, 2.45) is 10.8 Å². The summed E-state index contributed by atoms with van der Waals surface area (Å²) in [6, 6.07) is 16.6. The number of rotatable bonds is 11. The maximum Gasteiger partial charge on any atom is 0.262 e. The smallest absolute Gasteiger partial charge is 0.262 e. The fraction of sp³-hybridized carbons (Fsp3) is 0.562. The summed E-state index contributed by atoms with van der Waals surface area (Å²) >= 11 is 11.3. The van der Waals surface area contributed by atoms with Gasteiger partial charge in [-0.1, -0.05) is 83.9 Å². The number of aryl methyl sites for hydroxylation is 2. The number of para-hydroxylation sites is 2. The van der Waals surface area contributed by atoms with Crippen LogP contribution in [0.5, 0.6) is 11.5 Å². The Balaban J connectivity index is 1.58. The van der Waals surface area contributed by atoms with Crippen LogP contribution in [0.25, 0.3) is 0 Å². The molecule has 0 saturated heterocycles. The van der Waals surface area contributed by atoms with Gasteiger partial charge in [0, 0.05) is 12.6 Å². The number of unbranched alkanes of at least 4 members (excludes halogenated alkanes) is 2. The lowest BCUT2D eigenvalue weighted by molar-refractivity contribution is 0.0787. The summed E-state index contributed by atoms with van der Waals surface area (Å²) in [5.41, 5.74) is 2.61. The normalized spacial score (nSPS) is 20.4. The first-order valence-corrected chi connectivity index (χ1v) is 15.0. The van der Waals surface area contributed by atoms with Crippen molar-refractivity contribution >= 4 is 34.8 Å². The lowest BCUT2D eigenvalue weighted by Gasteiger charge is -2.47. The molecule has 0 aromatic heterocycles.